The summed E-state index contributed by atoms with van der Waals surface area (Å²) in [7, 11) is 1.56. The second-order valence-corrected chi connectivity index (χ2v) is 7.23. The van der Waals surface area contributed by atoms with Gasteiger partial charge in [0.1, 0.15) is 11.6 Å². The molecule has 4 aromatic rings. The topological polar surface area (TPSA) is 42.4 Å². The van der Waals surface area contributed by atoms with Crippen molar-refractivity contribution in [2.45, 2.75) is 6.54 Å². The van der Waals surface area contributed by atoms with Crippen molar-refractivity contribution in [1.29, 1.82) is 0 Å². The number of halogens is 1. The first-order valence-corrected chi connectivity index (χ1v) is 9.51. The Balaban J connectivity index is 1.77. The molecule has 4 nitrogen and oxygen atoms in total. The van der Waals surface area contributed by atoms with E-state index in [9.17, 15) is 9.18 Å². The number of anilines is 1. The quantitative estimate of drug-likeness (QED) is 0.463. The average Bonchev–Trinajstić information content (AvgIpc) is 3.15. The molecule has 1 amide bonds. The minimum absolute atomic E-state index is 0.192. The van der Waals surface area contributed by atoms with E-state index in [1.165, 1.54) is 23.5 Å². The van der Waals surface area contributed by atoms with Crippen LogP contribution >= 0.6 is 11.3 Å². The number of benzene rings is 3. The van der Waals surface area contributed by atoms with Gasteiger partial charge >= 0.3 is 0 Å². The molecule has 0 unspecified atom stereocenters. The minimum Gasteiger partial charge on any atom is -0.497 e. The van der Waals surface area contributed by atoms with Gasteiger partial charge in [-0.15, -0.1) is 0 Å². The first-order chi connectivity index (χ1) is 13.6. The third-order valence-electron chi connectivity index (χ3n) is 4.32. The van der Waals surface area contributed by atoms with Crippen molar-refractivity contribution >= 4 is 32.6 Å². The van der Waals surface area contributed by atoms with E-state index >= 15 is 0 Å². The second-order valence-electron chi connectivity index (χ2n) is 6.22. The van der Waals surface area contributed by atoms with E-state index in [0.717, 1.165) is 5.56 Å². The molecule has 0 aliphatic heterocycles. The molecule has 0 aliphatic rings. The number of fused-ring (bicyclic) bond motifs is 1. The van der Waals surface area contributed by atoms with Crippen LogP contribution in [0.1, 0.15) is 15.9 Å². The van der Waals surface area contributed by atoms with Crippen molar-refractivity contribution in [3.05, 3.63) is 89.7 Å². The summed E-state index contributed by atoms with van der Waals surface area (Å²) < 4.78 is 19.5. The first kappa shape index (κ1) is 18.1. The summed E-state index contributed by atoms with van der Waals surface area (Å²) in [5.74, 6) is 0.0931. The Kier molecular flexibility index (Phi) is 5.04. The number of carbonyl (C=O) groups is 1. The maximum Gasteiger partial charge on any atom is 0.260 e. The molecule has 4 rings (SSSR count). The molecule has 6 heteroatoms. The number of hydrogen-bond donors (Lipinski definition) is 0. The molecule has 0 saturated carbocycles. The number of ether oxygens (including phenoxy) is 1. The van der Waals surface area contributed by atoms with Crippen LogP contribution in [0.15, 0.2) is 72.8 Å². The Hall–Kier alpha value is -3.25. The van der Waals surface area contributed by atoms with E-state index in [4.69, 9.17) is 4.74 Å². The van der Waals surface area contributed by atoms with Gasteiger partial charge in [0.15, 0.2) is 5.13 Å². The van der Waals surface area contributed by atoms with Crippen LogP contribution in [0.5, 0.6) is 5.75 Å². The van der Waals surface area contributed by atoms with E-state index in [2.05, 4.69) is 4.98 Å². The lowest BCUT2D eigenvalue weighted by molar-refractivity contribution is 0.0985. The van der Waals surface area contributed by atoms with Crippen LogP contribution in [0.2, 0.25) is 0 Å². The fourth-order valence-corrected chi connectivity index (χ4v) is 3.89. The number of thiazole rings is 1. The largest absolute Gasteiger partial charge is 0.497 e. The monoisotopic (exact) mass is 392 g/mol. The summed E-state index contributed by atoms with van der Waals surface area (Å²) in [5, 5.41) is 0.525. The number of amides is 1. The van der Waals surface area contributed by atoms with Crippen molar-refractivity contribution in [3.63, 3.8) is 0 Å². The van der Waals surface area contributed by atoms with Crippen molar-refractivity contribution in [2.24, 2.45) is 0 Å². The van der Waals surface area contributed by atoms with Gasteiger partial charge in [-0.1, -0.05) is 47.7 Å². The highest BCUT2D eigenvalue weighted by atomic mass is 32.1. The fourth-order valence-electron chi connectivity index (χ4n) is 2.91. The first-order valence-electron chi connectivity index (χ1n) is 8.70. The molecule has 0 radical (unpaired) electrons. The van der Waals surface area contributed by atoms with Crippen molar-refractivity contribution < 1.29 is 13.9 Å². The zero-order chi connectivity index (χ0) is 19.5. The summed E-state index contributed by atoms with van der Waals surface area (Å²) in [5.41, 5.74) is 2.14. The summed E-state index contributed by atoms with van der Waals surface area (Å²) in [4.78, 5) is 19.5. The van der Waals surface area contributed by atoms with Crippen LogP contribution in [0, 0.1) is 5.82 Å². The van der Waals surface area contributed by atoms with Gasteiger partial charge in [0.2, 0.25) is 0 Å². The van der Waals surface area contributed by atoms with Crippen molar-refractivity contribution in [3.8, 4) is 5.75 Å². The van der Waals surface area contributed by atoms with Crippen LogP contribution in [-0.4, -0.2) is 18.0 Å². The van der Waals surface area contributed by atoms with Gasteiger partial charge in [-0.05, 0) is 42.0 Å². The summed E-state index contributed by atoms with van der Waals surface area (Å²) in [6.07, 6.45) is 0. The van der Waals surface area contributed by atoms with Crippen LogP contribution in [-0.2, 0) is 6.54 Å². The molecule has 0 bridgehead atoms. The molecule has 0 saturated heterocycles. The van der Waals surface area contributed by atoms with Crippen LogP contribution in [0.3, 0.4) is 0 Å². The Morgan fingerprint density at radius 2 is 1.89 bits per heavy atom. The summed E-state index contributed by atoms with van der Waals surface area (Å²) in [6, 6.07) is 21.2. The number of carbonyl (C=O) groups excluding carboxylic acids is 1. The van der Waals surface area contributed by atoms with Gasteiger partial charge in [-0.25, -0.2) is 9.37 Å². The highest BCUT2D eigenvalue weighted by Crippen LogP contribution is 2.31. The SMILES string of the molecule is COc1cccc(C(=O)N(Cc2ccccc2)c2nc3ccc(F)cc3s2)c1. The summed E-state index contributed by atoms with van der Waals surface area (Å²) >= 11 is 1.29. The van der Waals surface area contributed by atoms with E-state index < -0.39 is 0 Å². The van der Waals surface area contributed by atoms with Crippen LogP contribution in [0.4, 0.5) is 9.52 Å². The maximum atomic E-state index is 13.6. The van der Waals surface area contributed by atoms with E-state index in [-0.39, 0.29) is 11.7 Å². The number of methoxy groups -OCH3 is 1. The zero-order valence-corrected chi connectivity index (χ0v) is 15.9. The molecule has 0 spiro atoms. The standard InChI is InChI=1S/C22H17FN2O2S/c1-27-18-9-5-8-16(12-18)21(26)25(14-15-6-3-2-4-7-15)22-24-19-11-10-17(23)13-20(19)28-22/h2-13H,14H2,1H3. The lowest BCUT2D eigenvalue weighted by Crippen LogP contribution is -2.30. The smallest absolute Gasteiger partial charge is 0.260 e. The predicted molar refractivity (Wildman–Crippen MR) is 110 cm³/mol. The molecule has 140 valence electrons. The van der Waals surface area contributed by atoms with Gasteiger partial charge in [0.05, 0.1) is 23.9 Å². The number of hydrogen-bond acceptors (Lipinski definition) is 4. The van der Waals surface area contributed by atoms with Gasteiger partial charge in [-0.3, -0.25) is 9.69 Å². The van der Waals surface area contributed by atoms with Crippen LogP contribution in [0.25, 0.3) is 10.2 Å². The summed E-state index contributed by atoms with van der Waals surface area (Å²) in [6.45, 7) is 0.360. The Bertz CT molecular complexity index is 1130. The minimum atomic E-state index is -0.323. The molecule has 0 atom stereocenters. The lowest BCUT2D eigenvalue weighted by atomic mass is 10.1. The molecule has 1 heterocycles. The molecule has 28 heavy (non-hydrogen) atoms. The normalized spacial score (nSPS) is 10.8. The van der Waals surface area contributed by atoms with E-state index in [1.807, 2.05) is 30.3 Å². The number of aromatic nitrogens is 1. The van der Waals surface area contributed by atoms with E-state index in [1.54, 1.807) is 42.3 Å². The van der Waals surface area contributed by atoms with E-state index in [0.29, 0.717) is 33.2 Å². The fraction of sp³-hybridized carbons (Fsp3) is 0.0909. The van der Waals surface area contributed by atoms with Crippen LogP contribution < -0.4 is 9.64 Å². The molecule has 0 fully saturated rings. The Morgan fingerprint density at radius 1 is 1.07 bits per heavy atom. The lowest BCUT2D eigenvalue weighted by Gasteiger charge is -2.20. The van der Waals surface area contributed by atoms with Gasteiger partial charge < -0.3 is 4.74 Å². The molecule has 0 aliphatic carbocycles. The molecule has 0 N–H and O–H groups in total. The maximum absolute atomic E-state index is 13.6. The second kappa shape index (κ2) is 7.78. The van der Waals surface area contributed by atoms with Gasteiger partial charge in [0, 0.05) is 5.56 Å². The zero-order valence-electron chi connectivity index (χ0n) is 15.1. The molecule has 3 aromatic carbocycles. The highest BCUT2D eigenvalue weighted by molar-refractivity contribution is 7.22. The number of rotatable bonds is 5. The third-order valence-corrected chi connectivity index (χ3v) is 5.36. The molecular formula is C22H17FN2O2S. The average molecular weight is 392 g/mol. The highest BCUT2D eigenvalue weighted by Gasteiger charge is 2.22. The predicted octanol–water partition coefficient (Wildman–Crippen LogP) is 5.29. The molecule has 1 aromatic heterocycles. The molecular weight excluding hydrogens is 375 g/mol. The van der Waals surface area contributed by atoms with Crippen molar-refractivity contribution in [1.82, 2.24) is 4.98 Å². The van der Waals surface area contributed by atoms with Gasteiger partial charge in [0.25, 0.3) is 5.91 Å². The Labute approximate surface area is 165 Å². The van der Waals surface area contributed by atoms with Crippen molar-refractivity contribution in [2.75, 3.05) is 12.0 Å². The number of nitrogens with zero attached hydrogens (tertiary/aromatic N) is 2. The third kappa shape index (κ3) is 3.73. The Morgan fingerprint density at radius 3 is 2.68 bits per heavy atom. The van der Waals surface area contributed by atoms with Gasteiger partial charge in [-0.2, -0.15) is 0 Å².